The van der Waals surface area contributed by atoms with E-state index in [2.05, 4.69) is 0 Å². The predicted molar refractivity (Wildman–Crippen MR) is 69.2 cm³/mol. The first-order valence-corrected chi connectivity index (χ1v) is 7.25. The summed E-state index contributed by atoms with van der Waals surface area (Å²) in [4.78, 5) is 39.7. The van der Waals surface area contributed by atoms with Gasteiger partial charge in [0.2, 0.25) is 5.91 Å². The smallest absolute Gasteiger partial charge is 0.380 e. The number of hydrogen-bond acceptors (Lipinski definition) is 4. The molecule has 7 nitrogen and oxygen atoms in total. The summed E-state index contributed by atoms with van der Waals surface area (Å²) >= 11 is 0. The van der Waals surface area contributed by atoms with E-state index in [-0.39, 0.29) is 25.6 Å². The van der Waals surface area contributed by atoms with Gasteiger partial charge in [0.15, 0.2) is 0 Å². The number of alkyl halides is 3. The minimum Gasteiger partial charge on any atom is -0.380 e. The van der Waals surface area contributed by atoms with Crippen molar-refractivity contribution in [3.8, 4) is 0 Å². The van der Waals surface area contributed by atoms with Crippen molar-refractivity contribution in [2.24, 2.45) is 0 Å². The van der Waals surface area contributed by atoms with Crippen LogP contribution >= 0.6 is 0 Å². The molecule has 0 saturated carbocycles. The van der Waals surface area contributed by atoms with Gasteiger partial charge in [-0.05, 0) is 6.42 Å². The summed E-state index contributed by atoms with van der Waals surface area (Å²) in [5, 5.41) is 0. The summed E-state index contributed by atoms with van der Waals surface area (Å²) in [6, 6.07) is -2.44. The van der Waals surface area contributed by atoms with E-state index in [1.807, 2.05) is 0 Å². The summed E-state index contributed by atoms with van der Waals surface area (Å²) in [7, 11) is 1.48. The van der Waals surface area contributed by atoms with Crippen molar-refractivity contribution in [1.29, 1.82) is 0 Å². The van der Waals surface area contributed by atoms with Crippen molar-refractivity contribution in [3.05, 3.63) is 0 Å². The van der Waals surface area contributed by atoms with Gasteiger partial charge in [0, 0.05) is 26.6 Å². The number of fused-ring (bicyclic) bond motifs is 1. The molecule has 0 N–H and O–H groups in total. The molecule has 0 radical (unpaired) electrons. The molecule has 4 amide bonds. The first-order valence-electron chi connectivity index (χ1n) is 7.25. The molecule has 3 saturated heterocycles. The number of ether oxygens (including phenoxy) is 1. The number of nitrogens with zero attached hydrogens (tertiary/aromatic N) is 3. The summed E-state index contributed by atoms with van der Waals surface area (Å²) in [5.41, 5.74) is 0. The number of carbonyl (C=O) groups excluding carboxylic acids is 3. The maximum atomic E-state index is 12.4. The molecule has 23 heavy (non-hydrogen) atoms. The van der Waals surface area contributed by atoms with Gasteiger partial charge in [-0.25, -0.2) is 9.69 Å². The number of halogens is 3. The highest BCUT2D eigenvalue weighted by molar-refractivity contribution is 6.08. The first kappa shape index (κ1) is 16.0. The number of hydrogen-bond donors (Lipinski definition) is 0. The minimum atomic E-state index is -4.50. The van der Waals surface area contributed by atoms with Gasteiger partial charge >= 0.3 is 12.2 Å². The van der Waals surface area contributed by atoms with Gasteiger partial charge in [0.05, 0.1) is 6.10 Å². The van der Waals surface area contributed by atoms with Crippen LogP contribution in [0.3, 0.4) is 0 Å². The van der Waals surface area contributed by atoms with Gasteiger partial charge in [-0.2, -0.15) is 13.2 Å². The molecule has 3 atom stereocenters. The standard InChI is InChI=1S/C13H16F3N3O4/c1-23-7-4-9-11(21)19(12(22)18(9)5-7)8-2-3-17(10(8)20)6-13(14,15)16/h7-9H,2-6H2,1H3/t7-,8+,9-/m1/s1. The zero-order valence-electron chi connectivity index (χ0n) is 12.4. The van der Waals surface area contributed by atoms with E-state index in [9.17, 15) is 27.6 Å². The largest absolute Gasteiger partial charge is 0.406 e. The lowest BCUT2D eigenvalue weighted by atomic mass is 10.1. The summed E-state index contributed by atoms with van der Waals surface area (Å²) in [6.45, 7) is -1.24. The third-order valence-electron chi connectivity index (χ3n) is 4.52. The maximum Gasteiger partial charge on any atom is 0.406 e. The van der Waals surface area contributed by atoms with Crippen LogP contribution in [0.2, 0.25) is 0 Å². The van der Waals surface area contributed by atoms with E-state index in [1.54, 1.807) is 0 Å². The molecule has 3 aliphatic rings. The molecule has 128 valence electrons. The van der Waals surface area contributed by atoms with Crippen molar-refractivity contribution >= 4 is 17.8 Å². The predicted octanol–water partition coefficient (Wildman–Crippen LogP) is 0.201. The second-order valence-electron chi connectivity index (χ2n) is 5.93. The van der Waals surface area contributed by atoms with Gasteiger partial charge in [-0.1, -0.05) is 0 Å². The quantitative estimate of drug-likeness (QED) is 0.691. The van der Waals surface area contributed by atoms with E-state index in [4.69, 9.17) is 4.74 Å². The normalized spacial score (nSPS) is 31.6. The first-order chi connectivity index (χ1) is 10.7. The van der Waals surface area contributed by atoms with E-state index in [0.717, 1.165) is 4.90 Å². The number of urea groups is 1. The Bertz CT molecular complexity index is 529. The van der Waals surface area contributed by atoms with Gasteiger partial charge in [0.1, 0.15) is 18.6 Å². The highest BCUT2D eigenvalue weighted by Gasteiger charge is 2.55. The number of rotatable bonds is 3. The molecule has 3 aliphatic heterocycles. The molecule has 0 aromatic carbocycles. The minimum absolute atomic E-state index is 0.0284. The van der Waals surface area contributed by atoms with Crippen LogP contribution in [0, 0.1) is 0 Å². The highest BCUT2D eigenvalue weighted by atomic mass is 19.4. The highest BCUT2D eigenvalue weighted by Crippen LogP contribution is 2.33. The van der Waals surface area contributed by atoms with Crippen molar-refractivity contribution < 1.29 is 32.3 Å². The van der Waals surface area contributed by atoms with Crippen LogP contribution in [0.5, 0.6) is 0 Å². The van der Waals surface area contributed by atoms with Crippen molar-refractivity contribution in [1.82, 2.24) is 14.7 Å². The van der Waals surface area contributed by atoms with Gasteiger partial charge in [0.25, 0.3) is 5.91 Å². The number of methoxy groups -OCH3 is 1. The summed E-state index contributed by atoms with van der Waals surface area (Å²) in [6.07, 6.45) is -4.38. The zero-order chi connectivity index (χ0) is 16.9. The van der Waals surface area contributed by atoms with Crippen LogP contribution in [0.1, 0.15) is 12.8 Å². The van der Waals surface area contributed by atoms with Crippen LogP contribution in [-0.4, -0.2) is 83.7 Å². The Hall–Kier alpha value is -1.84. The van der Waals surface area contributed by atoms with Crippen molar-refractivity contribution in [2.45, 2.75) is 37.2 Å². The third-order valence-corrected chi connectivity index (χ3v) is 4.52. The lowest BCUT2D eigenvalue weighted by Crippen LogP contribution is -2.48. The Morgan fingerprint density at radius 2 is 1.87 bits per heavy atom. The summed E-state index contributed by atoms with van der Waals surface area (Å²) in [5.74, 6) is -1.35. The lowest BCUT2D eigenvalue weighted by molar-refractivity contribution is -0.159. The average molecular weight is 335 g/mol. The molecule has 0 aromatic heterocycles. The van der Waals surface area contributed by atoms with Crippen LogP contribution in [0.25, 0.3) is 0 Å². The SMILES string of the molecule is CO[C@@H]1C[C@@H]2C(=O)N([C@H]3CCN(CC(F)(F)F)C3=O)C(=O)N2C1. The Morgan fingerprint density at radius 3 is 2.43 bits per heavy atom. The van der Waals surface area contributed by atoms with Crippen LogP contribution in [0.15, 0.2) is 0 Å². The molecule has 0 spiro atoms. The molecule has 3 heterocycles. The van der Waals surface area contributed by atoms with E-state index in [1.165, 1.54) is 12.0 Å². The van der Waals surface area contributed by atoms with Crippen LogP contribution < -0.4 is 0 Å². The van der Waals surface area contributed by atoms with Crippen LogP contribution in [0.4, 0.5) is 18.0 Å². The molecule has 0 aromatic rings. The zero-order valence-corrected chi connectivity index (χ0v) is 12.4. The molecular weight excluding hydrogens is 319 g/mol. The Morgan fingerprint density at radius 1 is 1.17 bits per heavy atom. The fraction of sp³-hybridized carbons (Fsp3) is 0.769. The molecule has 10 heteroatoms. The average Bonchev–Trinajstić information content (AvgIpc) is 3.09. The van der Waals surface area contributed by atoms with Gasteiger partial charge in [-0.15, -0.1) is 0 Å². The fourth-order valence-corrected chi connectivity index (χ4v) is 3.43. The maximum absolute atomic E-state index is 12.4. The number of imide groups is 1. The Balaban J connectivity index is 1.73. The topological polar surface area (TPSA) is 70.2 Å². The second-order valence-corrected chi connectivity index (χ2v) is 5.93. The molecule has 0 aliphatic carbocycles. The third kappa shape index (κ3) is 2.64. The molecule has 3 rings (SSSR count). The molecule has 0 bridgehead atoms. The van der Waals surface area contributed by atoms with E-state index < -0.39 is 42.7 Å². The number of amides is 4. The molecular formula is C13H16F3N3O4. The van der Waals surface area contributed by atoms with Crippen LogP contribution in [-0.2, 0) is 14.3 Å². The Kier molecular flexibility index (Phi) is 3.74. The monoisotopic (exact) mass is 335 g/mol. The molecule has 0 unspecified atom stereocenters. The van der Waals surface area contributed by atoms with Gasteiger partial charge < -0.3 is 14.5 Å². The molecule has 3 fully saturated rings. The van der Waals surface area contributed by atoms with Crippen molar-refractivity contribution in [3.63, 3.8) is 0 Å². The second kappa shape index (κ2) is 5.36. The Labute approximate surface area is 129 Å². The lowest BCUT2D eigenvalue weighted by Gasteiger charge is -2.23. The van der Waals surface area contributed by atoms with Crippen molar-refractivity contribution in [2.75, 3.05) is 26.7 Å². The fourth-order valence-electron chi connectivity index (χ4n) is 3.43. The van der Waals surface area contributed by atoms with Gasteiger partial charge in [-0.3, -0.25) is 9.59 Å². The number of carbonyl (C=O) groups is 3. The number of likely N-dealkylation sites (tertiary alicyclic amines) is 1. The van der Waals surface area contributed by atoms with E-state index in [0.29, 0.717) is 11.3 Å². The van der Waals surface area contributed by atoms with E-state index >= 15 is 0 Å². The summed E-state index contributed by atoms with van der Waals surface area (Å²) < 4.78 is 42.5.